The van der Waals surface area contributed by atoms with Gasteiger partial charge in [-0.3, -0.25) is 4.79 Å². The van der Waals surface area contributed by atoms with E-state index in [9.17, 15) is 4.79 Å². The highest BCUT2D eigenvalue weighted by atomic mass is 16.1. The molecule has 2 aromatic rings. The minimum atomic E-state index is 0.737. The first kappa shape index (κ1) is 13.2. The van der Waals surface area contributed by atoms with E-state index in [2.05, 4.69) is 31.2 Å². The SMILES string of the molecule is CCc1ccccc1.Cc1ccc(C=O)cc1. The maximum absolute atomic E-state index is 10.1. The van der Waals surface area contributed by atoms with Gasteiger partial charge in [0, 0.05) is 5.56 Å². The summed E-state index contributed by atoms with van der Waals surface area (Å²) in [6, 6.07) is 17.9. The van der Waals surface area contributed by atoms with Crippen molar-refractivity contribution in [2.45, 2.75) is 20.3 Å². The lowest BCUT2D eigenvalue weighted by atomic mass is 10.2. The predicted molar refractivity (Wildman–Crippen MR) is 72.4 cm³/mol. The fourth-order valence-corrected chi connectivity index (χ4v) is 1.36. The van der Waals surface area contributed by atoms with Crippen molar-refractivity contribution < 1.29 is 4.79 Å². The molecule has 0 saturated heterocycles. The second-order valence-electron chi connectivity index (χ2n) is 3.87. The average molecular weight is 226 g/mol. The fraction of sp³-hybridized carbons (Fsp3) is 0.188. The molecule has 17 heavy (non-hydrogen) atoms. The van der Waals surface area contributed by atoms with Gasteiger partial charge < -0.3 is 0 Å². The highest BCUT2D eigenvalue weighted by Crippen LogP contribution is 1.99. The monoisotopic (exact) mass is 226 g/mol. The second-order valence-corrected chi connectivity index (χ2v) is 3.87. The molecule has 0 bridgehead atoms. The predicted octanol–water partition coefficient (Wildman–Crippen LogP) is 4.06. The van der Waals surface area contributed by atoms with Gasteiger partial charge in [0.25, 0.3) is 0 Å². The number of hydrogen-bond acceptors (Lipinski definition) is 1. The number of carbonyl (C=O) groups excluding carboxylic acids is 1. The standard InChI is InChI=1S/C8H8O.C8H10/c1-7-2-4-8(6-9)5-3-7;1-2-8-6-4-3-5-7-8/h2-6H,1H3;3-7H,2H2,1H3. The van der Waals surface area contributed by atoms with Gasteiger partial charge in [0.15, 0.2) is 0 Å². The number of carbonyl (C=O) groups is 1. The van der Waals surface area contributed by atoms with Gasteiger partial charge in [0.05, 0.1) is 0 Å². The zero-order valence-electron chi connectivity index (χ0n) is 10.4. The number of rotatable bonds is 2. The van der Waals surface area contributed by atoms with Crippen LogP contribution in [0.1, 0.15) is 28.4 Å². The van der Waals surface area contributed by atoms with Crippen LogP contribution in [0.4, 0.5) is 0 Å². The van der Waals surface area contributed by atoms with Crippen LogP contribution in [0.5, 0.6) is 0 Å². The molecule has 0 aliphatic carbocycles. The van der Waals surface area contributed by atoms with Gasteiger partial charge in [-0.05, 0) is 18.9 Å². The first-order valence-corrected chi connectivity index (χ1v) is 5.82. The van der Waals surface area contributed by atoms with Crippen LogP contribution in [0, 0.1) is 6.92 Å². The normalized spacial score (nSPS) is 9.06. The summed E-state index contributed by atoms with van der Waals surface area (Å²) in [7, 11) is 0. The van der Waals surface area contributed by atoms with Crippen molar-refractivity contribution in [1.82, 2.24) is 0 Å². The van der Waals surface area contributed by atoms with Crippen LogP contribution in [0.25, 0.3) is 0 Å². The second kappa shape index (κ2) is 7.39. The Balaban J connectivity index is 0.000000171. The van der Waals surface area contributed by atoms with E-state index < -0.39 is 0 Å². The fourth-order valence-electron chi connectivity index (χ4n) is 1.36. The Kier molecular flexibility index (Phi) is 5.73. The third-order valence-corrected chi connectivity index (χ3v) is 2.46. The highest BCUT2D eigenvalue weighted by molar-refractivity contribution is 5.74. The Morgan fingerprint density at radius 2 is 1.53 bits per heavy atom. The molecule has 0 aromatic heterocycles. The van der Waals surface area contributed by atoms with Crippen LogP contribution in [0.15, 0.2) is 54.6 Å². The number of hydrogen-bond donors (Lipinski definition) is 0. The number of benzene rings is 2. The molecule has 0 N–H and O–H groups in total. The van der Waals surface area contributed by atoms with E-state index >= 15 is 0 Å². The third-order valence-electron chi connectivity index (χ3n) is 2.46. The van der Waals surface area contributed by atoms with Crippen LogP contribution >= 0.6 is 0 Å². The van der Waals surface area contributed by atoms with Gasteiger partial charge in [-0.1, -0.05) is 67.1 Å². The van der Waals surface area contributed by atoms with Crippen molar-refractivity contribution in [1.29, 1.82) is 0 Å². The van der Waals surface area contributed by atoms with Crippen molar-refractivity contribution in [2.24, 2.45) is 0 Å². The van der Waals surface area contributed by atoms with Crippen molar-refractivity contribution in [2.75, 3.05) is 0 Å². The van der Waals surface area contributed by atoms with Gasteiger partial charge in [-0.25, -0.2) is 0 Å². The van der Waals surface area contributed by atoms with E-state index in [0.29, 0.717) is 0 Å². The minimum Gasteiger partial charge on any atom is -0.298 e. The van der Waals surface area contributed by atoms with Crippen molar-refractivity contribution in [3.8, 4) is 0 Å². The van der Waals surface area contributed by atoms with E-state index in [1.807, 2.05) is 37.3 Å². The van der Waals surface area contributed by atoms with E-state index in [4.69, 9.17) is 0 Å². The molecule has 0 unspecified atom stereocenters. The molecular formula is C16H18O. The molecule has 2 rings (SSSR count). The highest BCUT2D eigenvalue weighted by Gasteiger charge is 1.85. The van der Waals surface area contributed by atoms with Gasteiger partial charge in [-0.2, -0.15) is 0 Å². The molecule has 2 aromatic carbocycles. The molecule has 1 heteroatoms. The summed E-state index contributed by atoms with van der Waals surface area (Å²) in [5, 5.41) is 0. The third kappa shape index (κ3) is 5.12. The maximum Gasteiger partial charge on any atom is 0.150 e. The molecule has 0 fully saturated rings. The first-order valence-electron chi connectivity index (χ1n) is 5.82. The van der Waals surface area contributed by atoms with Crippen LogP contribution in [-0.4, -0.2) is 6.29 Å². The summed E-state index contributed by atoms with van der Waals surface area (Å²) >= 11 is 0. The minimum absolute atomic E-state index is 0.737. The lowest BCUT2D eigenvalue weighted by Gasteiger charge is -1.89. The summed E-state index contributed by atoms with van der Waals surface area (Å²) in [4.78, 5) is 10.1. The Morgan fingerprint density at radius 3 is 1.94 bits per heavy atom. The van der Waals surface area contributed by atoms with Crippen LogP contribution in [-0.2, 0) is 6.42 Å². The Labute approximate surface area is 103 Å². The van der Waals surface area contributed by atoms with Crippen molar-refractivity contribution in [3.63, 3.8) is 0 Å². The van der Waals surface area contributed by atoms with Gasteiger partial charge in [0.1, 0.15) is 6.29 Å². The average Bonchev–Trinajstić information content (AvgIpc) is 2.41. The zero-order chi connectivity index (χ0) is 12.5. The zero-order valence-corrected chi connectivity index (χ0v) is 10.4. The summed E-state index contributed by atoms with van der Waals surface area (Å²) in [5.74, 6) is 0. The lowest BCUT2D eigenvalue weighted by molar-refractivity contribution is 0.112. The summed E-state index contributed by atoms with van der Waals surface area (Å²) < 4.78 is 0. The number of aldehydes is 1. The van der Waals surface area contributed by atoms with Crippen molar-refractivity contribution >= 4 is 6.29 Å². The van der Waals surface area contributed by atoms with Crippen LogP contribution in [0.3, 0.4) is 0 Å². The summed E-state index contributed by atoms with van der Waals surface area (Å²) in [6.45, 7) is 4.16. The lowest BCUT2D eigenvalue weighted by Crippen LogP contribution is -1.77. The maximum atomic E-state index is 10.1. The van der Waals surface area contributed by atoms with Gasteiger partial charge in [0.2, 0.25) is 0 Å². The molecule has 0 aliphatic rings. The Bertz CT molecular complexity index is 429. The van der Waals surface area contributed by atoms with Gasteiger partial charge >= 0.3 is 0 Å². The molecule has 0 amide bonds. The smallest absolute Gasteiger partial charge is 0.150 e. The van der Waals surface area contributed by atoms with Gasteiger partial charge in [-0.15, -0.1) is 0 Å². The summed E-state index contributed by atoms with van der Waals surface area (Å²) in [5.41, 5.74) is 3.33. The molecule has 0 radical (unpaired) electrons. The van der Waals surface area contributed by atoms with E-state index in [0.717, 1.165) is 18.3 Å². The number of aryl methyl sites for hydroxylation is 2. The largest absolute Gasteiger partial charge is 0.298 e. The van der Waals surface area contributed by atoms with Crippen LogP contribution < -0.4 is 0 Å². The topological polar surface area (TPSA) is 17.1 Å². The quantitative estimate of drug-likeness (QED) is 0.706. The van der Waals surface area contributed by atoms with E-state index in [-0.39, 0.29) is 0 Å². The molecule has 88 valence electrons. The molecule has 0 aliphatic heterocycles. The molecule has 0 heterocycles. The molecule has 0 atom stereocenters. The Morgan fingerprint density at radius 1 is 0.941 bits per heavy atom. The molecule has 0 saturated carbocycles. The van der Waals surface area contributed by atoms with Crippen LogP contribution in [0.2, 0.25) is 0 Å². The molecule has 1 nitrogen and oxygen atoms in total. The Hall–Kier alpha value is -1.89. The summed E-state index contributed by atoms with van der Waals surface area (Å²) in [6.07, 6.45) is 1.99. The van der Waals surface area contributed by atoms with E-state index in [1.165, 1.54) is 11.1 Å². The van der Waals surface area contributed by atoms with E-state index in [1.54, 1.807) is 0 Å². The van der Waals surface area contributed by atoms with Crippen molar-refractivity contribution in [3.05, 3.63) is 71.3 Å². The molecular weight excluding hydrogens is 208 g/mol. The first-order chi connectivity index (χ1) is 8.26. The molecule has 0 spiro atoms.